The third-order valence-electron chi connectivity index (χ3n) is 4.35. The molecule has 2 atom stereocenters. The van der Waals surface area contributed by atoms with Crippen LogP contribution in [0.3, 0.4) is 0 Å². The third kappa shape index (κ3) is 2.50. The van der Waals surface area contributed by atoms with E-state index in [0.717, 1.165) is 6.54 Å². The van der Waals surface area contributed by atoms with Crippen molar-refractivity contribution in [3.63, 3.8) is 0 Å². The first-order valence-corrected chi connectivity index (χ1v) is 7.46. The topological polar surface area (TPSA) is 24.9 Å². The van der Waals surface area contributed by atoms with Gasteiger partial charge in [0, 0.05) is 23.8 Å². The first kappa shape index (κ1) is 12.6. The van der Waals surface area contributed by atoms with Gasteiger partial charge in [-0.3, -0.25) is 4.98 Å². The van der Waals surface area contributed by atoms with E-state index in [1.54, 1.807) is 0 Å². The Morgan fingerprint density at radius 3 is 3.00 bits per heavy atom. The van der Waals surface area contributed by atoms with Gasteiger partial charge in [0.2, 0.25) is 0 Å². The van der Waals surface area contributed by atoms with Crippen molar-refractivity contribution in [2.24, 2.45) is 0 Å². The van der Waals surface area contributed by atoms with Crippen molar-refractivity contribution in [2.45, 2.75) is 44.6 Å². The molecule has 2 aromatic rings. The Morgan fingerprint density at radius 2 is 2.11 bits per heavy atom. The van der Waals surface area contributed by atoms with Gasteiger partial charge >= 0.3 is 0 Å². The van der Waals surface area contributed by atoms with Crippen LogP contribution in [-0.4, -0.2) is 17.6 Å². The summed E-state index contributed by atoms with van der Waals surface area (Å²) in [6.07, 6.45) is 9.22. The molecular formula is C17H22N2. The number of benzene rings is 1. The molecule has 1 aliphatic rings. The molecule has 0 bridgehead atoms. The van der Waals surface area contributed by atoms with Crippen molar-refractivity contribution < 1.29 is 0 Å². The zero-order valence-corrected chi connectivity index (χ0v) is 11.6. The molecule has 100 valence electrons. The van der Waals surface area contributed by atoms with Crippen LogP contribution in [0.25, 0.3) is 10.8 Å². The Bertz CT molecular complexity index is 542. The second kappa shape index (κ2) is 5.70. The summed E-state index contributed by atoms with van der Waals surface area (Å²) in [7, 11) is 0. The van der Waals surface area contributed by atoms with E-state index in [2.05, 4.69) is 41.5 Å². The molecule has 2 heteroatoms. The first-order chi connectivity index (χ1) is 9.40. The van der Waals surface area contributed by atoms with Gasteiger partial charge in [0.25, 0.3) is 0 Å². The highest BCUT2D eigenvalue weighted by Crippen LogP contribution is 2.36. The fraction of sp³-hybridized carbons (Fsp3) is 0.471. The average Bonchev–Trinajstić information content (AvgIpc) is 2.48. The molecule has 0 aliphatic heterocycles. The number of nitrogens with one attached hydrogen (secondary N) is 1. The van der Waals surface area contributed by atoms with Crippen LogP contribution in [-0.2, 0) is 0 Å². The largest absolute Gasteiger partial charge is 0.314 e. The Balaban J connectivity index is 2.02. The van der Waals surface area contributed by atoms with Crippen LogP contribution in [0.5, 0.6) is 0 Å². The number of pyridine rings is 1. The van der Waals surface area contributed by atoms with Crippen LogP contribution in [0, 0.1) is 0 Å². The van der Waals surface area contributed by atoms with Gasteiger partial charge in [-0.25, -0.2) is 0 Å². The van der Waals surface area contributed by atoms with Gasteiger partial charge in [-0.05, 0) is 42.3 Å². The third-order valence-corrected chi connectivity index (χ3v) is 4.35. The molecule has 1 aromatic carbocycles. The van der Waals surface area contributed by atoms with Crippen LogP contribution in [0.1, 0.15) is 44.1 Å². The molecule has 0 radical (unpaired) electrons. The second-order valence-corrected chi connectivity index (χ2v) is 5.50. The van der Waals surface area contributed by atoms with Crippen molar-refractivity contribution >= 4 is 10.8 Å². The minimum absolute atomic E-state index is 0.629. The highest BCUT2D eigenvalue weighted by Gasteiger charge is 2.26. The van der Waals surface area contributed by atoms with Gasteiger partial charge in [-0.15, -0.1) is 0 Å². The summed E-state index contributed by atoms with van der Waals surface area (Å²) in [5.41, 5.74) is 1.48. The first-order valence-electron chi connectivity index (χ1n) is 7.46. The number of fused-ring (bicyclic) bond motifs is 1. The smallest absolute Gasteiger partial charge is 0.0349 e. The maximum absolute atomic E-state index is 4.32. The monoisotopic (exact) mass is 254 g/mol. The highest BCUT2D eigenvalue weighted by molar-refractivity contribution is 5.85. The Kier molecular flexibility index (Phi) is 3.79. The summed E-state index contributed by atoms with van der Waals surface area (Å²) in [6, 6.07) is 9.42. The van der Waals surface area contributed by atoms with E-state index in [-0.39, 0.29) is 0 Å². The van der Waals surface area contributed by atoms with Crippen LogP contribution < -0.4 is 5.32 Å². The summed E-state index contributed by atoms with van der Waals surface area (Å²) >= 11 is 0. The maximum atomic E-state index is 4.32. The predicted molar refractivity (Wildman–Crippen MR) is 80.4 cm³/mol. The predicted octanol–water partition coefficient (Wildman–Crippen LogP) is 3.87. The SMILES string of the molecule is CCNC1CCCCC1c1cccc2ccncc12. The number of nitrogens with zero attached hydrogens (tertiary/aromatic N) is 1. The number of hydrogen-bond acceptors (Lipinski definition) is 2. The summed E-state index contributed by atoms with van der Waals surface area (Å²) in [6.45, 7) is 3.26. The minimum atomic E-state index is 0.629. The molecule has 0 saturated heterocycles. The number of rotatable bonds is 3. The van der Waals surface area contributed by atoms with Crippen molar-refractivity contribution in [1.82, 2.24) is 10.3 Å². The van der Waals surface area contributed by atoms with Gasteiger partial charge in [0.15, 0.2) is 0 Å². The Morgan fingerprint density at radius 1 is 1.21 bits per heavy atom. The van der Waals surface area contributed by atoms with E-state index in [4.69, 9.17) is 0 Å². The van der Waals surface area contributed by atoms with Gasteiger partial charge in [0.1, 0.15) is 0 Å². The van der Waals surface area contributed by atoms with Crippen molar-refractivity contribution in [1.29, 1.82) is 0 Å². The normalized spacial score (nSPS) is 23.6. The molecule has 0 spiro atoms. The lowest BCUT2D eigenvalue weighted by Gasteiger charge is -2.33. The molecule has 1 heterocycles. The van der Waals surface area contributed by atoms with E-state index in [1.807, 2.05) is 12.4 Å². The van der Waals surface area contributed by atoms with Gasteiger partial charge in [0.05, 0.1) is 0 Å². The number of aromatic nitrogens is 1. The number of hydrogen-bond donors (Lipinski definition) is 1. The second-order valence-electron chi connectivity index (χ2n) is 5.50. The zero-order valence-electron chi connectivity index (χ0n) is 11.6. The van der Waals surface area contributed by atoms with Crippen molar-refractivity contribution in [3.8, 4) is 0 Å². The summed E-state index contributed by atoms with van der Waals surface area (Å²) in [5.74, 6) is 0.640. The maximum Gasteiger partial charge on any atom is 0.0349 e. The minimum Gasteiger partial charge on any atom is -0.314 e. The lowest BCUT2D eigenvalue weighted by molar-refractivity contribution is 0.334. The van der Waals surface area contributed by atoms with Crippen LogP contribution in [0.2, 0.25) is 0 Å². The Labute approximate surface area is 115 Å². The zero-order chi connectivity index (χ0) is 13.1. The quantitative estimate of drug-likeness (QED) is 0.899. The fourth-order valence-electron chi connectivity index (χ4n) is 3.47. The van der Waals surface area contributed by atoms with Crippen molar-refractivity contribution in [2.75, 3.05) is 6.54 Å². The summed E-state index contributed by atoms with van der Waals surface area (Å²) in [4.78, 5) is 4.32. The molecule has 1 aliphatic carbocycles. The van der Waals surface area contributed by atoms with E-state index >= 15 is 0 Å². The van der Waals surface area contributed by atoms with Crippen LogP contribution in [0.4, 0.5) is 0 Å². The molecule has 3 rings (SSSR count). The van der Waals surface area contributed by atoms with E-state index in [0.29, 0.717) is 12.0 Å². The molecular weight excluding hydrogens is 232 g/mol. The van der Waals surface area contributed by atoms with E-state index in [9.17, 15) is 0 Å². The molecule has 2 unspecified atom stereocenters. The standard InChI is InChI=1S/C17H22N2/c1-2-19-17-9-4-3-7-15(17)14-8-5-6-13-10-11-18-12-16(13)14/h5-6,8,10-12,15,17,19H,2-4,7,9H2,1H3. The lowest BCUT2D eigenvalue weighted by atomic mass is 9.78. The molecule has 0 amide bonds. The number of likely N-dealkylation sites (N-methyl/N-ethyl adjacent to an activating group) is 1. The van der Waals surface area contributed by atoms with E-state index in [1.165, 1.54) is 42.0 Å². The average molecular weight is 254 g/mol. The van der Waals surface area contributed by atoms with Gasteiger partial charge in [-0.1, -0.05) is 38.0 Å². The molecule has 2 nitrogen and oxygen atoms in total. The Hall–Kier alpha value is -1.41. The molecule has 19 heavy (non-hydrogen) atoms. The van der Waals surface area contributed by atoms with Crippen LogP contribution >= 0.6 is 0 Å². The molecule has 1 aromatic heterocycles. The molecule has 1 saturated carbocycles. The molecule has 1 N–H and O–H groups in total. The van der Waals surface area contributed by atoms with Gasteiger partial charge < -0.3 is 5.32 Å². The van der Waals surface area contributed by atoms with Crippen LogP contribution in [0.15, 0.2) is 36.7 Å². The summed E-state index contributed by atoms with van der Waals surface area (Å²) in [5, 5.41) is 6.32. The molecule has 1 fully saturated rings. The fourth-order valence-corrected chi connectivity index (χ4v) is 3.47. The lowest BCUT2D eigenvalue weighted by Crippen LogP contribution is -2.37. The highest BCUT2D eigenvalue weighted by atomic mass is 14.9. The van der Waals surface area contributed by atoms with Gasteiger partial charge in [-0.2, -0.15) is 0 Å². The van der Waals surface area contributed by atoms with Crippen molar-refractivity contribution in [3.05, 3.63) is 42.2 Å². The summed E-state index contributed by atoms with van der Waals surface area (Å²) < 4.78 is 0. The van der Waals surface area contributed by atoms with E-state index < -0.39 is 0 Å².